The molecule has 1 amide bonds. The van der Waals surface area contributed by atoms with E-state index in [9.17, 15) is 4.79 Å². The minimum Gasteiger partial charge on any atom is -0.380 e. The van der Waals surface area contributed by atoms with Crippen molar-refractivity contribution in [1.29, 1.82) is 0 Å². The Morgan fingerprint density at radius 3 is 2.96 bits per heavy atom. The number of nitrogens with one attached hydrogen (secondary N) is 1. The number of hydrogen-bond donors (Lipinski definition) is 1. The SMILES string of the molecule is CCOCCN1CCN([C@H](C)C(=O)Nc2cc(C)no2)C[C@H]1C. The zero-order valence-corrected chi connectivity index (χ0v) is 14.5. The van der Waals surface area contributed by atoms with Gasteiger partial charge in [-0.2, -0.15) is 0 Å². The zero-order valence-electron chi connectivity index (χ0n) is 14.5. The van der Waals surface area contributed by atoms with Gasteiger partial charge in [0, 0.05) is 44.9 Å². The molecule has 1 aliphatic heterocycles. The van der Waals surface area contributed by atoms with Gasteiger partial charge in [0.15, 0.2) is 0 Å². The molecule has 1 aromatic heterocycles. The van der Waals surface area contributed by atoms with Crippen molar-refractivity contribution in [3.05, 3.63) is 11.8 Å². The standard InChI is InChI=1S/C16H28N4O3/c1-5-22-9-8-19-6-7-20(11-13(19)3)14(4)16(21)17-15-10-12(2)18-23-15/h10,13-14H,5-9,11H2,1-4H3,(H,17,21)/t13-,14-/m1/s1. The molecule has 23 heavy (non-hydrogen) atoms. The molecule has 7 heteroatoms. The van der Waals surface area contributed by atoms with Gasteiger partial charge in [-0.05, 0) is 27.7 Å². The molecule has 2 atom stereocenters. The van der Waals surface area contributed by atoms with E-state index < -0.39 is 0 Å². The van der Waals surface area contributed by atoms with Crippen LogP contribution in [0.25, 0.3) is 0 Å². The summed E-state index contributed by atoms with van der Waals surface area (Å²) in [5.74, 6) is 0.346. The predicted molar refractivity (Wildman–Crippen MR) is 88.4 cm³/mol. The van der Waals surface area contributed by atoms with E-state index in [1.807, 2.05) is 20.8 Å². The van der Waals surface area contributed by atoms with Crippen molar-refractivity contribution in [2.75, 3.05) is 44.7 Å². The third-order valence-corrected chi connectivity index (χ3v) is 4.32. The first-order valence-electron chi connectivity index (χ1n) is 8.31. The topological polar surface area (TPSA) is 70.8 Å². The summed E-state index contributed by atoms with van der Waals surface area (Å²) >= 11 is 0. The van der Waals surface area contributed by atoms with Crippen molar-refractivity contribution < 1.29 is 14.1 Å². The average molecular weight is 324 g/mol. The number of carbonyl (C=O) groups is 1. The van der Waals surface area contributed by atoms with Crippen LogP contribution in [0.4, 0.5) is 5.88 Å². The van der Waals surface area contributed by atoms with Crippen LogP contribution >= 0.6 is 0 Å². The van der Waals surface area contributed by atoms with Crippen LogP contribution in [0.2, 0.25) is 0 Å². The first-order valence-corrected chi connectivity index (χ1v) is 8.31. The molecule has 0 saturated carbocycles. The molecule has 0 unspecified atom stereocenters. The monoisotopic (exact) mass is 324 g/mol. The van der Waals surface area contributed by atoms with Crippen molar-refractivity contribution in [3.63, 3.8) is 0 Å². The van der Waals surface area contributed by atoms with Crippen LogP contribution in [-0.2, 0) is 9.53 Å². The molecule has 130 valence electrons. The molecule has 2 rings (SSSR count). The van der Waals surface area contributed by atoms with Crippen molar-refractivity contribution >= 4 is 11.8 Å². The zero-order chi connectivity index (χ0) is 16.8. The summed E-state index contributed by atoms with van der Waals surface area (Å²) in [5, 5.41) is 6.56. The highest BCUT2D eigenvalue weighted by Crippen LogP contribution is 2.14. The maximum atomic E-state index is 12.3. The number of rotatable bonds is 7. The van der Waals surface area contributed by atoms with Crippen LogP contribution < -0.4 is 5.32 Å². The number of amides is 1. The fourth-order valence-electron chi connectivity index (χ4n) is 2.85. The summed E-state index contributed by atoms with van der Waals surface area (Å²) in [5.41, 5.74) is 0.754. The number of piperazine rings is 1. The largest absolute Gasteiger partial charge is 0.380 e. The first-order chi connectivity index (χ1) is 11.0. The highest BCUT2D eigenvalue weighted by Gasteiger charge is 2.29. The van der Waals surface area contributed by atoms with E-state index in [-0.39, 0.29) is 11.9 Å². The van der Waals surface area contributed by atoms with Crippen molar-refractivity contribution in [3.8, 4) is 0 Å². The lowest BCUT2D eigenvalue weighted by atomic mass is 10.1. The average Bonchev–Trinajstić information content (AvgIpc) is 2.93. The Labute approximate surface area is 137 Å². The number of carbonyl (C=O) groups excluding carboxylic acids is 1. The van der Waals surface area contributed by atoms with Crippen LogP contribution in [0.15, 0.2) is 10.6 Å². The second kappa shape index (κ2) is 8.42. The van der Waals surface area contributed by atoms with Crippen LogP contribution in [0.5, 0.6) is 0 Å². The van der Waals surface area contributed by atoms with Gasteiger partial charge in [0.2, 0.25) is 11.8 Å². The van der Waals surface area contributed by atoms with Gasteiger partial charge >= 0.3 is 0 Å². The first kappa shape index (κ1) is 17.9. The Hall–Kier alpha value is -1.44. The molecule has 1 aromatic rings. The van der Waals surface area contributed by atoms with E-state index in [1.54, 1.807) is 6.07 Å². The van der Waals surface area contributed by atoms with Gasteiger partial charge < -0.3 is 9.26 Å². The molecule has 0 spiro atoms. The molecule has 1 saturated heterocycles. The van der Waals surface area contributed by atoms with E-state index in [2.05, 4.69) is 27.2 Å². The van der Waals surface area contributed by atoms with Gasteiger partial charge in [0.05, 0.1) is 18.3 Å². The van der Waals surface area contributed by atoms with Crippen LogP contribution in [0, 0.1) is 6.92 Å². The summed E-state index contributed by atoms with van der Waals surface area (Å²) < 4.78 is 10.5. The van der Waals surface area contributed by atoms with Crippen molar-refractivity contribution in [1.82, 2.24) is 15.0 Å². The molecule has 7 nitrogen and oxygen atoms in total. The van der Waals surface area contributed by atoms with Crippen LogP contribution in [-0.4, -0.2) is 72.3 Å². The van der Waals surface area contributed by atoms with Crippen molar-refractivity contribution in [2.45, 2.75) is 39.8 Å². The Bertz CT molecular complexity index is 505. The highest BCUT2D eigenvalue weighted by molar-refractivity contribution is 5.93. The normalized spacial score (nSPS) is 21.3. The minimum atomic E-state index is -0.197. The lowest BCUT2D eigenvalue weighted by Crippen LogP contribution is -2.57. The minimum absolute atomic E-state index is 0.0592. The lowest BCUT2D eigenvalue weighted by molar-refractivity contribution is -0.122. The van der Waals surface area contributed by atoms with Gasteiger partial charge in [-0.1, -0.05) is 5.16 Å². The molecule has 0 radical (unpaired) electrons. The van der Waals surface area contributed by atoms with Crippen LogP contribution in [0.1, 0.15) is 26.5 Å². The summed E-state index contributed by atoms with van der Waals surface area (Å²) in [7, 11) is 0. The predicted octanol–water partition coefficient (Wildman–Crippen LogP) is 1.35. The number of aromatic nitrogens is 1. The van der Waals surface area contributed by atoms with Gasteiger partial charge in [-0.25, -0.2) is 0 Å². The van der Waals surface area contributed by atoms with Gasteiger partial charge in [-0.15, -0.1) is 0 Å². The second-order valence-corrected chi connectivity index (χ2v) is 6.07. The van der Waals surface area contributed by atoms with E-state index in [0.29, 0.717) is 11.9 Å². The lowest BCUT2D eigenvalue weighted by Gasteiger charge is -2.41. The Balaban J connectivity index is 1.81. The van der Waals surface area contributed by atoms with E-state index in [4.69, 9.17) is 9.26 Å². The summed E-state index contributed by atoms with van der Waals surface area (Å²) in [6, 6.07) is 1.93. The molecule has 0 aliphatic carbocycles. The summed E-state index contributed by atoms with van der Waals surface area (Å²) in [6.45, 7) is 13.1. The smallest absolute Gasteiger partial charge is 0.243 e. The van der Waals surface area contributed by atoms with E-state index in [0.717, 1.165) is 45.1 Å². The Kier molecular flexibility index (Phi) is 6.56. The molecule has 1 aliphatic rings. The van der Waals surface area contributed by atoms with Gasteiger partial charge in [0.1, 0.15) is 0 Å². The number of nitrogens with zero attached hydrogens (tertiary/aromatic N) is 3. The van der Waals surface area contributed by atoms with Gasteiger partial charge in [-0.3, -0.25) is 19.9 Å². The molecule has 1 N–H and O–H groups in total. The molecule has 1 fully saturated rings. The fraction of sp³-hybridized carbons (Fsp3) is 0.750. The Morgan fingerprint density at radius 2 is 2.35 bits per heavy atom. The number of anilines is 1. The highest BCUT2D eigenvalue weighted by atomic mass is 16.5. The third kappa shape index (κ3) is 5.02. The fourth-order valence-corrected chi connectivity index (χ4v) is 2.85. The molecular formula is C16H28N4O3. The molecular weight excluding hydrogens is 296 g/mol. The van der Waals surface area contributed by atoms with Crippen LogP contribution in [0.3, 0.4) is 0 Å². The van der Waals surface area contributed by atoms with E-state index in [1.165, 1.54) is 0 Å². The summed E-state index contributed by atoms with van der Waals surface area (Å²) in [6.07, 6.45) is 0. The third-order valence-electron chi connectivity index (χ3n) is 4.32. The number of aryl methyl sites for hydroxylation is 1. The number of ether oxygens (including phenoxy) is 1. The second-order valence-electron chi connectivity index (χ2n) is 6.07. The van der Waals surface area contributed by atoms with Gasteiger partial charge in [0.25, 0.3) is 0 Å². The quantitative estimate of drug-likeness (QED) is 0.764. The van der Waals surface area contributed by atoms with E-state index >= 15 is 0 Å². The molecule has 0 bridgehead atoms. The Morgan fingerprint density at radius 1 is 1.57 bits per heavy atom. The maximum absolute atomic E-state index is 12.3. The maximum Gasteiger partial charge on any atom is 0.243 e. The molecule has 2 heterocycles. The van der Waals surface area contributed by atoms with Crippen molar-refractivity contribution in [2.24, 2.45) is 0 Å². The number of hydrogen-bond acceptors (Lipinski definition) is 6. The summed E-state index contributed by atoms with van der Waals surface area (Å²) in [4.78, 5) is 17.0. The molecule has 0 aromatic carbocycles.